The molecule has 1 amide bonds. The molecule has 2 N–H and O–H groups in total. The number of carbonyl (C=O) groups is 1. The van der Waals surface area contributed by atoms with E-state index in [4.69, 9.17) is 4.74 Å². The number of hydrogen-bond acceptors (Lipinski definition) is 4. The minimum absolute atomic E-state index is 0. The molecule has 0 radical (unpaired) electrons. The third-order valence-corrected chi connectivity index (χ3v) is 4.11. The highest BCUT2D eigenvalue weighted by Crippen LogP contribution is 2.30. The Balaban J connectivity index is 0.00000161. The number of nitrogens with one attached hydrogen (secondary N) is 2. The Morgan fingerprint density at radius 1 is 1.38 bits per heavy atom. The van der Waals surface area contributed by atoms with E-state index in [0.717, 1.165) is 44.0 Å². The molecule has 1 aromatic carbocycles. The van der Waals surface area contributed by atoms with Crippen LogP contribution in [-0.4, -0.2) is 45.2 Å². The summed E-state index contributed by atoms with van der Waals surface area (Å²) in [7, 11) is 1.69. The lowest BCUT2D eigenvalue weighted by Gasteiger charge is -2.27. The van der Waals surface area contributed by atoms with Gasteiger partial charge >= 0.3 is 0 Å². The highest BCUT2D eigenvalue weighted by Gasteiger charge is 2.30. The molecule has 3 rings (SSSR count). The first-order chi connectivity index (χ1) is 9.78. The van der Waals surface area contributed by atoms with Crippen molar-refractivity contribution in [1.29, 1.82) is 0 Å². The molecule has 2 heterocycles. The molecule has 2 aliphatic rings. The normalized spacial score (nSPS) is 21.4. The average Bonchev–Trinajstić information content (AvgIpc) is 2.84. The number of carbonyl (C=O) groups excluding carboxylic acids is 1. The summed E-state index contributed by atoms with van der Waals surface area (Å²) >= 11 is 0. The van der Waals surface area contributed by atoms with Crippen molar-refractivity contribution in [2.75, 3.05) is 38.2 Å². The Kier molecular flexibility index (Phi) is 5.31. The van der Waals surface area contributed by atoms with Crippen molar-refractivity contribution in [3.8, 4) is 5.75 Å². The molecule has 0 spiro atoms. The van der Waals surface area contributed by atoms with E-state index in [1.165, 1.54) is 0 Å². The van der Waals surface area contributed by atoms with Gasteiger partial charge in [0.2, 0.25) is 5.91 Å². The van der Waals surface area contributed by atoms with E-state index in [9.17, 15) is 4.79 Å². The maximum absolute atomic E-state index is 12.0. The van der Waals surface area contributed by atoms with Crippen LogP contribution in [0.4, 0.5) is 5.69 Å². The Labute approximate surface area is 131 Å². The van der Waals surface area contributed by atoms with Crippen LogP contribution in [0.2, 0.25) is 0 Å². The number of benzene rings is 1. The zero-order valence-electron chi connectivity index (χ0n) is 12.2. The zero-order valence-corrected chi connectivity index (χ0v) is 13.0. The number of rotatable bonds is 4. The fraction of sp³-hybridized carbons (Fsp3) is 0.533. The molecule has 2 aliphatic heterocycles. The van der Waals surface area contributed by atoms with E-state index in [-0.39, 0.29) is 30.3 Å². The van der Waals surface area contributed by atoms with Crippen LogP contribution >= 0.6 is 12.4 Å². The lowest BCUT2D eigenvalue weighted by Crippen LogP contribution is -2.53. The third-order valence-electron chi connectivity index (χ3n) is 4.11. The van der Waals surface area contributed by atoms with Crippen LogP contribution in [-0.2, 0) is 4.79 Å². The largest absolute Gasteiger partial charge is 0.495 e. The van der Waals surface area contributed by atoms with E-state index in [2.05, 4.69) is 21.6 Å². The summed E-state index contributed by atoms with van der Waals surface area (Å²) in [6.45, 7) is 3.43. The van der Waals surface area contributed by atoms with Crippen LogP contribution in [0.3, 0.4) is 0 Å². The summed E-state index contributed by atoms with van der Waals surface area (Å²) in [4.78, 5) is 14.2. The molecule has 1 unspecified atom stereocenters. The molecule has 0 bridgehead atoms. The minimum Gasteiger partial charge on any atom is -0.495 e. The highest BCUT2D eigenvalue weighted by molar-refractivity contribution is 5.85. The first-order valence-electron chi connectivity index (χ1n) is 7.17. The second kappa shape index (κ2) is 7.00. The molecule has 116 valence electrons. The Hall–Kier alpha value is -1.46. The monoisotopic (exact) mass is 311 g/mol. The van der Waals surface area contributed by atoms with Crippen LogP contribution in [0, 0.1) is 5.92 Å². The summed E-state index contributed by atoms with van der Waals surface area (Å²) in [6, 6.07) is 8.28. The van der Waals surface area contributed by atoms with Gasteiger partial charge in [-0.3, -0.25) is 4.79 Å². The number of ether oxygens (including phenoxy) is 1. The Morgan fingerprint density at radius 2 is 2.14 bits per heavy atom. The van der Waals surface area contributed by atoms with Crippen LogP contribution in [0.1, 0.15) is 6.42 Å². The molecule has 21 heavy (non-hydrogen) atoms. The van der Waals surface area contributed by atoms with Crippen LogP contribution < -0.4 is 20.3 Å². The summed E-state index contributed by atoms with van der Waals surface area (Å²) < 4.78 is 5.40. The van der Waals surface area contributed by atoms with Crippen molar-refractivity contribution < 1.29 is 9.53 Å². The van der Waals surface area contributed by atoms with Gasteiger partial charge in [0.1, 0.15) is 5.75 Å². The molecule has 0 aromatic heterocycles. The smallest absolute Gasteiger partial charge is 0.225 e. The van der Waals surface area contributed by atoms with Gasteiger partial charge in [-0.05, 0) is 18.6 Å². The number of para-hydroxylation sites is 2. The van der Waals surface area contributed by atoms with E-state index >= 15 is 0 Å². The van der Waals surface area contributed by atoms with Gasteiger partial charge in [-0.2, -0.15) is 0 Å². The fourth-order valence-electron chi connectivity index (χ4n) is 2.78. The van der Waals surface area contributed by atoms with E-state index in [1.807, 2.05) is 18.2 Å². The highest BCUT2D eigenvalue weighted by atomic mass is 35.5. The maximum Gasteiger partial charge on any atom is 0.225 e. The van der Waals surface area contributed by atoms with Gasteiger partial charge in [-0.15, -0.1) is 12.4 Å². The quantitative estimate of drug-likeness (QED) is 0.872. The summed E-state index contributed by atoms with van der Waals surface area (Å²) in [5.41, 5.74) is 1.11. The van der Waals surface area contributed by atoms with E-state index in [1.54, 1.807) is 7.11 Å². The van der Waals surface area contributed by atoms with E-state index in [0.29, 0.717) is 0 Å². The van der Waals surface area contributed by atoms with Crippen molar-refractivity contribution in [3.63, 3.8) is 0 Å². The lowest BCUT2D eigenvalue weighted by molar-refractivity contribution is -0.127. The van der Waals surface area contributed by atoms with Crippen LogP contribution in [0.5, 0.6) is 5.75 Å². The summed E-state index contributed by atoms with van der Waals surface area (Å²) in [5, 5.41) is 6.29. The van der Waals surface area contributed by atoms with Gasteiger partial charge < -0.3 is 20.3 Å². The summed E-state index contributed by atoms with van der Waals surface area (Å²) in [6.07, 6.45) is 0.990. The first kappa shape index (κ1) is 15.9. The topological polar surface area (TPSA) is 53.6 Å². The SMILES string of the molecule is COc1ccccc1N1CCC(NC(=O)C2CNC2)C1.Cl. The van der Waals surface area contributed by atoms with Crippen molar-refractivity contribution in [2.24, 2.45) is 5.92 Å². The molecular formula is C15H22ClN3O2. The molecule has 1 aromatic rings. The van der Waals surface area contributed by atoms with Crippen molar-refractivity contribution >= 4 is 24.0 Å². The maximum atomic E-state index is 12.0. The number of methoxy groups -OCH3 is 1. The predicted octanol–water partition coefficient (Wildman–Crippen LogP) is 1.03. The number of anilines is 1. The number of nitrogens with zero attached hydrogens (tertiary/aromatic N) is 1. The van der Waals surface area contributed by atoms with Gasteiger partial charge in [0, 0.05) is 32.2 Å². The molecule has 6 heteroatoms. The second-order valence-corrected chi connectivity index (χ2v) is 5.47. The van der Waals surface area contributed by atoms with Crippen molar-refractivity contribution in [3.05, 3.63) is 24.3 Å². The number of halogens is 1. The van der Waals surface area contributed by atoms with Gasteiger partial charge in [0.25, 0.3) is 0 Å². The Morgan fingerprint density at radius 3 is 2.81 bits per heavy atom. The lowest BCUT2D eigenvalue weighted by atomic mass is 10.0. The molecule has 1 atom stereocenters. The van der Waals surface area contributed by atoms with Crippen molar-refractivity contribution in [1.82, 2.24) is 10.6 Å². The molecule has 2 fully saturated rings. The standard InChI is InChI=1S/C15H21N3O2.ClH/c1-20-14-5-3-2-4-13(14)18-7-6-12(10-18)17-15(19)11-8-16-9-11;/h2-5,11-12,16H,6-10H2,1H3,(H,17,19);1H. The second-order valence-electron chi connectivity index (χ2n) is 5.47. The molecule has 5 nitrogen and oxygen atoms in total. The summed E-state index contributed by atoms with van der Waals surface area (Å²) in [5.74, 6) is 1.24. The van der Waals surface area contributed by atoms with Gasteiger partial charge in [0.05, 0.1) is 18.7 Å². The molecule has 2 saturated heterocycles. The molecule has 0 saturated carbocycles. The number of hydrogen-bond donors (Lipinski definition) is 2. The molecule has 0 aliphatic carbocycles. The van der Waals surface area contributed by atoms with Crippen LogP contribution in [0.25, 0.3) is 0 Å². The van der Waals surface area contributed by atoms with Gasteiger partial charge in [-0.25, -0.2) is 0 Å². The number of amides is 1. The minimum atomic E-state index is 0. The molecular weight excluding hydrogens is 290 g/mol. The zero-order chi connectivity index (χ0) is 13.9. The Bertz CT molecular complexity index is 494. The first-order valence-corrected chi connectivity index (χ1v) is 7.17. The van der Waals surface area contributed by atoms with Crippen LogP contribution in [0.15, 0.2) is 24.3 Å². The van der Waals surface area contributed by atoms with Crippen molar-refractivity contribution in [2.45, 2.75) is 12.5 Å². The predicted molar refractivity (Wildman–Crippen MR) is 85.4 cm³/mol. The average molecular weight is 312 g/mol. The third kappa shape index (κ3) is 3.41. The van der Waals surface area contributed by atoms with Gasteiger partial charge in [0.15, 0.2) is 0 Å². The van der Waals surface area contributed by atoms with Gasteiger partial charge in [-0.1, -0.05) is 12.1 Å². The fourth-order valence-corrected chi connectivity index (χ4v) is 2.78. The van der Waals surface area contributed by atoms with E-state index < -0.39 is 0 Å².